The van der Waals surface area contributed by atoms with Gasteiger partial charge in [0.1, 0.15) is 11.6 Å². The maximum atomic E-state index is 12.3. The van der Waals surface area contributed by atoms with Crippen molar-refractivity contribution in [1.82, 2.24) is 9.55 Å². The van der Waals surface area contributed by atoms with Gasteiger partial charge in [0, 0.05) is 16.6 Å². The lowest BCUT2D eigenvalue weighted by atomic mass is 10.1. The van der Waals surface area contributed by atoms with E-state index in [0.717, 1.165) is 39.0 Å². The summed E-state index contributed by atoms with van der Waals surface area (Å²) < 4.78 is 8.75. The molecule has 0 spiro atoms. The van der Waals surface area contributed by atoms with Gasteiger partial charge in [-0.1, -0.05) is 70.5 Å². The topological polar surface area (TPSA) is 44.1 Å². The molecule has 5 heteroatoms. The van der Waals surface area contributed by atoms with Gasteiger partial charge >= 0.3 is 5.97 Å². The highest BCUT2D eigenvalue weighted by Crippen LogP contribution is 2.27. The maximum absolute atomic E-state index is 12.3. The van der Waals surface area contributed by atoms with Crippen molar-refractivity contribution in [2.24, 2.45) is 0 Å². The van der Waals surface area contributed by atoms with Crippen LogP contribution in [0.2, 0.25) is 0 Å². The standard InChI is InChI=1S/C28H21BrN2O2/c29-23-14-10-20(11-15-23)18-27(32)33-24-16-12-22(13-17-24)28-30-25-8-4-5-9-26(25)31(28)19-21-6-2-1-3-7-21/h1-17H,18-19H2. The predicted molar refractivity (Wildman–Crippen MR) is 134 cm³/mol. The number of benzene rings is 4. The molecule has 5 rings (SSSR count). The minimum atomic E-state index is -0.290. The van der Waals surface area contributed by atoms with Gasteiger partial charge in [-0.15, -0.1) is 0 Å². The zero-order chi connectivity index (χ0) is 22.6. The van der Waals surface area contributed by atoms with Gasteiger partial charge in [-0.05, 0) is 59.7 Å². The van der Waals surface area contributed by atoms with Crippen molar-refractivity contribution in [3.63, 3.8) is 0 Å². The first-order chi connectivity index (χ1) is 16.2. The van der Waals surface area contributed by atoms with E-state index in [4.69, 9.17) is 9.72 Å². The van der Waals surface area contributed by atoms with Gasteiger partial charge in [0.05, 0.1) is 17.5 Å². The predicted octanol–water partition coefficient (Wildman–Crippen LogP) is 6.66. The molecule has 0 aliphatic rings. The van der Waals surface area contributed by atoms with Crippen LogP contribution in [-0.2, 0) is 17.8 Å². The molecule has 0 aliphatic heterocycles. The van der Waals surface area contributed by atoms with Crippen LogP contribution in [0.15, 0.2) is 108 Å². The summed E-state index contributed by atoms with van der Waals surface area (Å²) in [6.45, 7) is 0.723. The molecular formula is C28H21BrN2O2. The highest BCUT2D eigenvalue weighted by Gasteiger charge is 2.14. The van der Waals surface area contributed by atoms with E-state index in [9.17, 15) is 4.79 Å². The highest BCUT2D eigenvalue weighted by molar-refractivity contribution is 9.10. The van der Waals surface area contributed by atoms with E-state index < -0.39 is 0 Å². The number of carbonyl (C=O) groups is 1. The fraction of sp³-hybridized carbons (Fsp3) is 0.0714. The maximum Gasteiger partial charge on any atom is 0.315 e. The Bertz CT molecular complexity index is 1390. The zero-order valence-corrected chi connectivity index (χ0v) is 19.4. The van der Waals surface area contributed by atoms with Gasteiger partial charge in [-0.3, -0.25) is 4.79 Å². The molecule has 0 saturated carbocycles. The number of aromatic nitrogens is 2. The molecule has 0 amide bonds. The van der Waals surface area contributed by atoms with Crippen LogP contribution in [0.1, 0.15) is 11.1 Å². The Morgan fingerprint density at radius 3 is 2.24 bits per heavy atom. The van der Waals surface area contributed by atoms with Crippen LogP contribution in [0.25, 0.3) is 22.4 Å². The molecule has 0 atom stereocenters. The van der Waals surface area contributed by atoms with E-state index in [1.54, 1.807) is 0 Å². The van der Waals surface area contributed by atoms with Crippen molar-refractivity contribution in [3.05, 3.63) is 119 Å². The molecule has 4 nitrogen and oxygen atoms in total. The van der Waals surface area contributed by atoms with Crippen LogP contribution < -0.4 is 4.74 Å². The normalized spacial score (nSPS) is 10.9. The second-order valence-electron chi connectivity index (χ2n) is 7.80. The number of hydrogen-bond acceptors (Lipinski definition) is 3. The van der Waals surface area contributed by atoms with E-state index in [0.29, 0.717) is 5.75 Å². The van der Waals surface area contributed by atoms with E-state index in [2.05, 4.69) is 38.7 Å². The second kappa shape index (κ2) is 9.43. The molecule has 5 aromatic rings. The monoisotopic (exact) mass is 496 g/mol. The van der Waals surface area contributed by atoms with Gasteiger partial charge in [0.25, 0.3) is 0 Å². The third kappa shape index (κ3) is 4.89. The van der Waals surface area contributed by atoms with Crippen LogP contribution in [0, 0.1) is 0 Å². The number of fused-ring (bicyclic) bond motifs is 1. The van der Waals surface area contributed by atoms with Crippen molar-refractivity contribution in [3.8, 4) is 17.1 Å². The third-order valence-electron chi connectivity index (χ3n) is 5.44. The molecule has 0 bridgehead atoms. The number of imidazole rings is 1. The Hall–Kier alpha value is -3.70. The lowest BCUT2D eigenvalue weighted by Gasteiger charge is -2.10. The van der Waals surface area contributed by atoms with E-state index >= 15 is 0 Å². The van der Waals surface area contributed by atoms with Gasteiger partial charge in [0.2, 0.25) is 0 Å². The minimum absolute atomic E-state index is 0.224. The van der Waals surface area contributed by atoms with Crippen LogP contribution in [0.5, 0.6) is 5.75 Å². The van der Waals surface area contributed by atoms with Crippen molar-refractivity contribution >= 4 is 32.9 Å². The Labute approximate surface area is 200 Å². The molecule has 0 unspecified atom stereocenters. The zero-order valence-electron chi connectivity index (χ0n) is 17.8. The number of halogens is 1. The average molecular weight is 497 g/mol. The summed E-state index contributed by atoms with van der Waals surface area (Å²) in [5.41, 5.74) is 5.12. The third-order valence-corrected chi connectivity index (χ3v) is 5.97. The molecule has 162 valence electrons. The Balaban J connectivity index is 1.38. The Morgan fingerprint density at radius 1 is 0.788 bits per heavy atom. The van der Waals surface area contributed by atoms with Crippen LogP contribution in [-0.4, -0.2) is 15.5 Å². The lowest BCUT2D eigenvalue weighted by molar-refractivity contribution is -0.133. The van der Waals surface area contributed by atoms with Crippen LogP contribution in [0.4, 0.5) is 0 Å². The van der Waals surface area contributed by atoms with E-state index in [-0.39, 0.29) is 12.4 Å². The number of para-hydroxylation sites is 2. The molecule has 0 fully saturated rings. The van der Waals surface area contributed by atoms with Gasteiger partial charge in [-0.2, -0.15) is 0 Å². The molecule has 0 radical (unpaired) electrons. The summed E-state index contributed by atoms with van der Waals surface area (Å²) in [7, 11) is 0. The molecule has 4 aromatic carbocycles. The summed E-state index contributed by atoms with van der Waals surface area (Å²) in [4.78, 5) is 17.2. The summed E-state index contributed by atoms with van der Waals surface area (Å²) in [5.74, 6) is 1.11. The fourth-order valence-electron chi connectivity index (χ4n) is 3.83. The largest absolute Gasteiger partial charge is 0.426 e. The Kier molecular flexibility index (Phi) is 6.05. The van der Waals surface area contributed by atoms with Gasteiger partial charge < -0.3 is 9.30 Å². The quantitative estimate of drug-likeness (QED) is 0.195. The first-order valence-corrected chi connectivity index (χ1v) is 11.5. The molecule has 1 heterocycles. The highest BCUT2D eigenvalue weighted by atomic mass is 79.9. The summed E-state index contributed by atoms with van der Waals surface area (Å²) in [6.07, 6.45) is 0.224. The summed E-state index contributed by atoms with van der Waals surface area (Å²) in [6, 6.07) is 33.7. The van der Waals surface area contributed by atoms with Gasteiger partial charge in [0.15, 0.2) is 0 Å². The number of hydrogen-bond donors (Lipinski definition) is 0. The first-order valence-electron chi connectivity index (χ1n) is 10.7. The number of esters is 1. The molecule has 33 heavy (non-hydrogen) atoms. The smallest absolute Gasteiger partial charge is 0.315 e. The first kappa shape index (κ1) is 21.2. The number of nitrogens with zero attached hydrogens (tertiary/aromatic N) is 2. The molecule has 0 aliphatic carbocycles. The number of carbonyl (C=O) groups excluding carboxylic acids is 1. The lowest BCUT2D eigenvalue weighted by Crippen LogP contribution is -2.11. The molecular weight excluding hydrogens is 476 g/mol. The molecule has 0 saturated heterocycles. The number of ether oxygens (including phenoxy) is 1. The molecule has 0 N–H and O–H groups in total. The van der Waals surface area contributed by atoms with Crippen molar-refractivity contribution < 1.29 is 9.53 Å². The Morgan fingerprint density at radius 2 is 1.48 bits per heavy atom. The van der Waals surface area contributed by atoms with Crippen LogP contribution in [0.3, 0.4) is 0 Å². The fourth-order valence-corrected chi connectivity index (χ4v) is 4.09. The van der Waals surface area contributed by atoms with Crippen LogP contribution >= 0.6 is 15.9 Å². The summed E-state index contributed by atoms with van der Waals surface area (Å²) in [5, 5.41) is 0. The number of rotatable bonds is 6. The minimum Gasteiger partial charge on any atom is -0.426 e. The van der Waals surface area contributed by atoms with Crippen molar-refractivity contribution in [2.45, 2.75) is 13.0 Å². The average Bonchev–Trinajstić information content (AvgIpc) is 3.20. The summed E-state index contributed by atoms with van der Waals surface area (Å²) >= 11 is 3.40. The van der Waals surface area contributed by atoms with Crippen molar-refractivity contribution in [1.29, 1.82) is 0 Å². The van der Waals surface area contributed by atoms with E-state index in [1.807, 2.05) is 84.9 Å². The van der Waals surface area contributed by atoms with Crippen molar-refractivity contribution in [2.75, 3.05) is 0 Å². The SMILES string of the molecule is O=C(Cc1ccc(Br)cc1)Oc1ccc(-c2nc3ccccc3n2Cc2ccccc2)cc1. The molecule has 1 aromatic heterocycles. The second-order valence-corrected chi connectivity index (χ2v) is 8.71. The van der Waals surface area contributed by atoms with E-state index in [1.165, 1.54) is 5.56 Å². The van der Waals surface area contributed by atoms with Gasteiger partial charge in [-0.25, -0.2) is 4.98 Å².